The summed E-state index contributed by atoms with van der Waals surface area (Å²) in [5.74, 6) is 1.07. The number of halogens is 1. The van der Waals surface area contributed by atoms with Crippen molar-refractivity contribution in [3.8, 4) is 11.4 Å². The highest BCUT2D eigenvalue weighted by molar-refractivity contribution is 6.18. The van der Waals surface area contributed by atoms with Gasteiger partial charge in [0.2, 0.25) is 0 Å². The highest BCUT2D eigenvalue weighted by atomic mass is 35.5. The first-order valence-electron chi connectivity index (χ1n) is 7.20. The standard InChI is InChI=1S/C17H18ClN3O/c1-11-2-4-12(5-3-11)17-20-15-7-6-13(8-16(15)21-17)19-10-14(22)9-18/h2-8,14,19,22H,9-10H2,1H3,(H,20,21). The summed E-state index contributed by atoms with van der Waals surface area (Å²) in [7, 11) is 0. The fraction of sp³-hybridized carbons (Fsp3) is 0.235. The fourth-order valence-corrected chi connectivity index (χ4v) is 2.37. The molecule has 0 amide bonds. The number of hydrogen-bond acceptors (Lipinski definition) is 3. The first-order chi connectivity index (χ1) is 10.7. The number of alkyl halides is 1. The molecule has 5 heteroatoms. The molecule has 0 saturated carbocycles. The Bertz CT molecular complexity index is 767. The van der Waals surface area contributed by atoms with Gasteiger partial charge in [-0.25, -0.2) is 4.98 Å². The third-order valence-corrected chi connectivity index (χ3v) is 3.88. The van der Waals surface area contributed by atoms with Crippen molar-refractivity contribution in [3.63, 3.8) is 0 Å². The molecule has 0 spiro atoms. The Morgan fingerprint density at radius 2 is 2.00 bits per heavy atom. The van der Waals surface area contributed by atoms with Crippen LogP contribution in [0.1, 0.15) is 5.56 Å². The number of benzene rings is 2. The summed E-state index contributed by atoms with van der Waals surface area (Å²) >= 11 is 5.59. The van der Waals surface area contributed by atoms with Crippen molar-refractivity contribution in [2.45, 2.75) is 13.0 Å². The van der Waals surface area contributed by atoms with Gasteiger partial charge < -0.3 is 15.4 Å². The molecule has 3 N–H and O–H groups in total. The summed E-state index contributed by atoms with van der Waals surface area (Å²) in [5, 5.41) is 12.7. The van der Waals surface area contributed by atoms with Crippen LogP contribution in [0.25, 0.3) is 22.4 Å². The van der Waals surface area contributed by atoms with Crippen LogP contribution in [-0.2, 0) is 0 Å². The summed E-state index contributed by atoms with van der Waals surface area (Å²) in [6, 6.07) is 14.2. The highest BCUT2D eigenvalue weighted by Crippen LogP contribution is 2.23. The third kappa shape index (κ3) is 3.24. The minimum absolute atomic E-state index is 0.219. The molecule has 1 heterocycles. The lowest BCUT2D eigenvalue weighted by Gasteiger charge is -2.09. The van der Waals surface area contributed by atoms with E-state index in [1.165, 1.54) is 5.56 Å². The molecule has 0 bridgehead atoms. The molecule has 0 fully saturated rings. The van der Waals surface area contributed by atoms with Crippen LogP contribution in [-0.4, -0.2) is 33.6 Å². The van der Waals surface area contributed by atoms with E-state index in [2.05, 4.69) is 46.5 Å². The van der Waals surface area contributed by atoms with Crippen LogP contribution in [0.2, 0.25) is 0 Å². The minimum atomic E-state index is -0.553. The summed E-state index contributed by atoms with van der Waals surface area (Å²) in [6.45, 7) is 2.49. The van der Waals surface area contributed by atoms with Crippen molar-refractivity contribution in [1.29, 1.82) is 0 Å². The molecule has 3 aromatic rings. The Hall–Kier alpha value is -2.04. The lowest BCUT2D eigenvalue weighted by Crippen LogP contribution is -2.20. The summed E-state index contributed by atoms with van der Waals surface area (Å²) in [5.41, 5.74) is 5.09. The third-order valence-electron chi connectivity index (χ3n) is 3.53. The molecule has 0 radical (unpaired) electrons. The van der Waals surface area contributed by atoms with Gasteiger partial charge in [-0.1, -0.05) is 29.8 Å². The zero-order valence-electron chi connectivity index (χ0n) is 12.3. The predicted molar refractivity (Wildman–Crippen MR) is 91.5 cm³/mol. The predicted octanol–water partition coefficient (Wildman–Crippen LogP) is 3.55. The molecule has 1 aromatic heterocycles. The molecule has 114 valence electrons. The Kier molecular flexibility index (Phi) is 4.32. The van der Waals surface area contributed by atoms with Crippen molar-refractivity contribution >= 4 is 28.3 Å². The van der Waals surface area contributed by atoms with Gasteiger partial charge in [0, 0.05) is 17.8 Å². The summed E-state index contributed by atoms with van der Waals surface area (Å²) in [6.07, 6.45) is -0.553. The number of aromatic nitrogens is 2. The van der Waals surface area contributed by atoms with Gasteiger partial charge in [0.15, 0.2) is 0 Å². The van der Waals surface area contributed by atoms with Gasteiger partial charge in [-0.05, 0) is 25.1 Å². The van der Waals surface area contributed by atoms with Crippen molar-refractivity contribution in [2.75, 3.05) is 17.7 Å². The minimum Gasteiger partial charge on any atom is -0.390 e. The number of aryl methyl sites for hydroxylation is 1. The van der Waals surface area contributed by atoms with E-state index >= 15 is 0 Å². The SMILES string of the molecule is Cc1ccc(-c2nc3ccc(NCC(O)CCl)cc3[nH]2)cc1. The monoisotopic (exact) mass is 315 g/mol. The van der Waals surface area contributed by atoms with E-state index in [0.717, 1.165) is 28.1 Å². The van der Waals surface area contributed by atoms with E-state index in [1.807, 2.05) is 18.2 Å². The van der Waals surface area contributed by atoms with Crippen LogP contribution in [0.4, 0.5) is 5.69 Å². The van der Waals surface area contributed by atoms with Crippen LogP contribution in [0.5, 0.6) is 0 Å². The van der Waals surface area contributed by atoms with E-state index in [9.17, 15) is 5.11 Å². The molecule has 1 unspecified atom stereocenters. The highest BCUT2D eigenvalue weighted by Gasteiger charge is 2.07. The maximum Gasteiger partial charge on any atom is 0.138 e. The van der Waals surface area contributed by atoms with Gasteiger partial charge in [-0.15, -0.1) is 11.6 Å². The van der Waals surface area contributed by atoms with E-state index in [1.54, 1.807) is 0 Å². The summed E-state index contributed by atoms with van der Waals surface area (Å²) < 4.78 is 0. The molecule has 0 saturated heterocycles. The number of aliphatic hydroxyl groups excluding tert-OH is 1. The number of nitrogens with one attached hydrogen (secondary N) is 2. The van der Waals surface area contributed by atoms with E-state index < -0.39 is 6.10 Å². The van der Waals surface area contributed by atoms with Crippen LogP contribution in [0.3, 0.4) is 0 Å². The second-order valence-corrected chi connectivity index (χ2v) is 5.68. The second-order valence-electron chi connectivity index (χ2n) is 5.37. The Balaban J connectivity index is 1.85. The molecule has 22 heavy (non-hydrogen) atoms. The number of anilines is 1. The lowest BCUT2D eigenvalue weighted by atomic mass is 10.1. The Labute approximate surface area is 134 Å². The number of fused-ring (bicyclic) bond motifs is 1. The van der Waals surface area contributed by atoms with Crippen LogP contribution in [0.15, 0.2) is 42.5 Å². The normalized spacial score (nSPS) is 12.5. The molecule has 2 aromatic carbocycles. The largest absolute Gasteiger partial charge is 0.390 e. The Morgan fingerprint density at radius 1 is 1.23 bits per heavy atom. The topological polar surface area (TPSA) is 60.9 Å². The molecule has 4 nitrogen and oxygen atoms in total. The number of aromatic amines is 1. The molecule has 0 aliphatic carbocycles. The quantitative estimate of drug-likeness (QED) is 0.631. The van der Waals surface area contributed by atoms with Gasteiger partial charge in [-0.3, -0.25) is 0 Å². The maximum atomic E-state index is 9.49. The number of rotatable bonds is 5. The first kappa shape index (κ1) is 14.9. The summed E-state index contributed by atoms with van der Waals surface area (Å²) in [4.78, 5) is 7.94. The van der Waals surface area contributed by atoms with E-state index in [0.29, 0.717) is 6.54 Å². The number of hydrogen-bond donors (Lipinski definition) is 3. The Morgan fingerprint density at radius 3 is 2.73 bits per heavy atom. The van der Waals surface area contributed by atoms with Gasteiger partial charge in [0.25, 0.3) is 0 Å². The van der Waals surface area contributed by atoms with Gasteiger partial charge in [-0.2, -0.15) is 0 Å². The number of imidazole rings is 1. The number of H-pyrrole nitrogens is 1. The van der Waals surface area contributed by atoms with E-state index in [-0.39, 0.29) is 5.88 Å². The van der Waals surface area contributed by atoms with Crippen molar-refractivity contribution in [1.82, 2.24) is 9.97 Å². The fourth-order valence-electron chi connectivity index (χ4n) is 2.26. The van der Waals surface area contributed by atoms with E-state index in [4.69, 9.17) is 11.6 Å². The van der Waals surface area contributed by atoms with Gasteiger partial charge >= 0.3 is 0 Å². The average Bonchev–Trinajstić information content (AvgIpc) is 2.96. The van der Waals surface area contributed by atoms with Crippen molar-refractivity contribution < 1.29 is 5.11 Å². The van der Waals surface area contributed by atoms with Gasteiger partial charge in [0.05, 0.1) is 23.0 Å². The number of aliphatic hydroxyl groups is 1. The molecule has 0 aliphatic rings. The smallest absolute Gasteiger partial charge is 0.138 e. The molecular formula is C17H18ClN3O. The number of nitrogens with zero attached hydrogens (tertiary/aromatic N) is 1. The van der Waals surface area contributed by atoms with Crippen molar-refractivity contribution in [3.05, 3.63) is 48.0 Å². The molecule has 3 rings (SSSR count). The molecule has 0 aliphatic heterocycles. The lowest BCUT2D eigenvalue weighted by molar-refractivity contribution is 0.211. The van der Waals surface area contributed by atoms with Gasteiger partial charge in [0.1, 0.15) is 5.82 Å². The van der Waals surface area contributed by atoms with Crippen LogP contribution in [0, 0.1) is 6.92 Å². The maximum absolute atomic E-state index is 9.49. The zero-order chi connectivity index (χ0) is 15.5. The average molecular weight is 316 g/mol. The molecular weight excluding hydrogens is 298 g/mol. The molecule has 1 atom stereocenters. The van der Waals surface area contributed by atoms with Crippen molar-refractivity contribution in [2.24, 2.45) is 0 Å². The first-order valence-corrected chi connectivity index (χ1v) is 7.74. The van der Waals surface area contributed by atoms with Crippen LogP contribution >= 0.6 is 11.6 Å². The van der Waals surface area contributed by atoms with Crippen LogP contribution < -0.4 is 5.32 Å². The zero-order valence-corrected chi connectivity index (χ0v) is 13.1. The second kappa shape index (κ2) is 6.38.